The fraction of sp³-hybridized carbons (Fsp3) is 0.636. The van der Waals surface area contributed by atoms with E-state index in [-0.39, 0.29) is 6.04 Å². The first-order valence-electron chi connectivity index (χ1n) is 5.76. The van der Waals surface area contributed by atoms with Gasteiger partial charge >= 0.3 is 6.18 Å². The third-order valence-electron chi connectivity index (χ3n) is 3.04. The minimum atomic E-state index is -4.43. The number of anilines is 1. The maximum Gasteiger partial charge on any atom is 0.435 e. The Morgan fingerprint density at radius 2 is 2.06 bits per heavy atom. The van der Waals surface area contributed by atoms with Gasteiger partial charge in [0.25, 0.3) is 0 Å². The zero-order chi connectivity index (χ0) is 13.2. The molecular formula is C11H13BrF3N3. The van der Waals surface area contributed by atoms with E-state index in [9.17, 15) is 13.2 Å². The highest BCUT2D eigenvalue weighted by atomic mass is 79.9. The first-order chi connectivity index (χ1) is 8.52. The maximum absolute atomic E-state index is 12.4. The first-order valence-corrected chi connectivity index (χ1v) is 6.88. The van der Waals surface area contributed by atoms with Gasteiger partial charge in [-0.05, 0) is 31.4 Å². The van der Waals surface area contributed by atoms with Crippen LogP contribution in [0.5, 0.6) is 0 Å². The second-order valence-corrected chi connectivity index (χ2v) is 4.92. The Labute approximate surface area is 112 Å². The van der Waals surface area contributed by atoms with Crippen LogP contribution in [0.15, 0.2) is 12.1 Å². The summed E-state index contributed by atoms with van der Waals surface area (Å²) in [4.78, 5) is 2.02. The molecule has 1 aliphatic rings. The van der Waals surface area contributed by atoms with Crippen molar-refractivity contribution in [3.05, 3.63) is 17.8 Å². The third-order valence-corrected chi connectivity index (χ3v) is 3.79. The average Bonchev–Trinajstić information content (AvgIpc) is 2.38. The number of halogens is 4. The highest BCUT2D eigenvalue weighted by Gasteiger charge is 2.33. The number of piperidine rings is 1. The molecule has 2 heterocycles. The summed E-state index contributed by atoms with van der Waals surface area (Å²) in [6, 6.07) is 2.67. The summed E-state index contributed by atoms with van der Waals surface area (Å²) in [5.41, 5.74) is -0.946. The fourth-order valence-corrected chi connectivity index (χ4v) is 2.77. The van der Waals surface area contributed by atoms with Crippen molar-refractivity contribution in [2.24, 2.45) is 0 Å². The van der Waals surface area contributed by atoms with Crippen molar-refractivity contribution < 1.29 is 13.2 Å². The molecule has 0 saturated carbocycles. The summed E-state index contributed by atoms with van der Waals surface area (Å²) in [5.74, 6) is 0.521. The van der Waals surface area contributed by atoms with Crippen LogP contribution in [0, 0.1) is 0 Å². The Hall–Kier alpha value is -0.850. The van der Waals surface area contributed by atoms with Crippen molar-refractivity contribution >= 4 is 21.7 Å². The van der Waals surface area contributed by atoms with E-state index in [0.717, 1.165) is 37.2 Å². The van der Waals surface area contributed by atoms with Crippen LogP contribution in [-0.4, -0.2) is 28.1 Å². The molecule has 0 aliphatic carbocycles. The molecule has 7 heteroatoms. The van der Waals surface area contributed by atoms with Crippen LogP contribution in [0.2, 0.25) is 0 Å². The predicted octanol–water partition coefficient (Wildman–Crippen LogP) is 3.25. The van der Waals surface area contributed by atoms with Gasteiger partial charge in [0.1, 0.15) is 0 Å². The average molecular weight is 324 g/mol. The smallest absolute Gasteiger partial charge is 0.351 e. The molecule has 0 N–H and O–H groups in total. The standard InChI is InChI=1S/C11H13BrF3N3/c12-7-8-3-1-2-6-18(8)10-5-4-9(16-17-10)11(13,14)15/h4-5,8H,1-3,6-7H2. The van der Waals surface area contributed by atoms with E-state index >= 15 is 0 Å². The molecule has 0 amide bonds. The van der Waals surface area contributed by atoms with E-state index in [1.807, 2.05) is 4.90 Å². The van der Waals surface area contributed by atoms with E-state index in [4.69, 9.17) is 0 Å². The number of hydrogen-bond acceptors (Lipinski definition) is 3. The molecule has 2 rings (SSSR count). The van der Waals surface area contributed by atoms with Crippen LogP contribution in [0.25, 0.3) is 0 Å². The third kappa shape index (κ3) is 2.93. The Balaban J connectivity index is 2.18. The summed E-state index contributed by atoms with van der Waals surface area (Å²) in [5, 5.41) is 7.75. The highest BCUT2D eigenvalue weighted by molar-refractivity contribution is 9.09. The Bertz CT molecular complexity index is 394. The van der Waals surface area contributed by atoms with Gasteiger partial charge in [-0.2, -0.15) is 13.2 Å². The summed E-state index contributed by atoms with van der Waals surface area (Å²) >= 11 is 3.43. The van der Waals surface area contributed by atoms with Gasteiger partial charge < -0.3 is 4.90 Å². The van der Waals surface area contributed by atoms with Crippen molar-refractivity contribution in [1.29, 1.82) is 0 Å². The van der Waals surface area contributed by atoms with E-state index in [1.165, 1.54) is 6.07 Å². The van der Waals surface area contributed by atoms with E-state index < -0.39 is 11.9 Å². The first kappa shape index (κ1) is 13.6. The molecule has 1 aromatic heterocycles. The van der Waals surface area contributed by atoms with Gasteiger partial charge in [-0.15, -0.1) is 10.2 Å². The molecule has 0 radical (unpaired) electrons. The topological polar surface area (TPSA) is 29.0 Å². The molecule has 1 unspecified atom stereocenters. The minimum Gasteiger partial charge on any atom is -0.351 e. The lowest BCUT2D eigenvalue weighted by Crippen LogP contribution is -2.41. The largest absolute Gasteiger partial charge is 0.435 e. The highest BCUT2D eigenvalue weighted by Crippen LogP contribution is 2.29. The molecule has 1 aliphatic heterocycles. The van der Waals surface area contributed by atoms with Gasteiger partial charge in [-0.1, -0.05) is 15.9 Å². The van der Waals surface area contributed by atoms with Gasteiger partial charge in [0.2, 0.25) is 0 Å². The second kappa shape index (κ2) is 5.42. The van der Waals surface area contributed by atoms with E-state index in [1.54, 1.807) is 0 Å². The fourth-order valence-electron chi connectivity index (χ4n) is 2.09. The van der Waals surface area contributed by atoms with Gasteiger partial charge in [0.15, 0.2) is 11.5 Å². The van der Waals surface area contributed by atoms with Crippen LogP contribution < -0.4 is 4.90 Å². The lowest BCUT2D eigenvalue weighted by atomic mass is 10.0. The number of aromatic nitrogens is 2. The van der Waals surface area contributed by atoms with Crippen molar-refractivity contribution in [2.75, 3.05) is 16.8 Å². The van der Waals surface area contributed by atoms with Gasteiger partial charge in [-0.3, -0.25) is 0 Å². The lowest BCUT2D eigenvalue weighted by Gasteiger charge is -2.35. The normalized spacial score (nSPS) is 21.1. The zero-order valence-electron chi connectivity index (χ0n) is 9.62. The van der Waals surface area contributed by atoms with Crippen molar-refractivity contribution in [3.8, 4) is 0 Å². The monoisotopic (exact) mass is 323 g/mol. The number of rotatable bonds is 2. The second-order valence-electron chi connectivity index (χ2n) is 4.27. The predicted molar refractivity (Wildman–Crippen MR) is 65.8 cm³/mol. The molecule has 18 heavy (non-hydrogen) atoms. The number of hydrogen-bond donors (Lipinski definition) is 0. The van der Waals surface area contributed by atoms with Crippen LogP contribution in [-0.2, 0) is 6.18 Å². The molecule has 1 fully saturated rings. The molecule has 100 valence electrons. The number of nitrogens with zero attached hydrogens (tertiary/aromatic N) is 3. The van der Waals surface area contributed by atoms with E-state index in [2.05, 4.69) is 26.1 Å². The van der Waals surface area contributed by atoms with Crippen LogP contribution >= 0.6 is 15.9 Å². The summed E-state index contributed by atoms with van der Waals surface area (Å²) in [6.45, 7) is 0.816. The van der Waals surface area contributed by atoms with Gasteiger partial charge in [0.05, 0.1) is 0 Å². The van der Waals surface area contributed by atoms with Crippen molar-refractivity contribution in [2.45, 2.75) is 31.5 Å². The quantitative estimate of drug-likeness (QED) is 0.782. The van der Waals surface area contributed by atoms with Crippen LogP contribution in [0.4, 0.5) is 19.0 Å². The molecule has 1 atom stereocenters. The van der Waals surface area contributed by atoms with Crippen molar-refractivity contribution in [3.63, 3.8) is 0 Å². The zero-order valence-corrected chi connectivity index (χ0v) is 11.2. The number of alkyl halides is 4. The molecule has 3 nitrogen and oxygen atoms in total. The summed E-state index contributed by atoms with van der Waals surface area (Å²) in [7, 11) is 0. The SMILES string of the molecule is FC(F)(F)c1ccc(N2CCCCC2CBr)nn1. The van der Waals surface area contributed by atoms with Gasteiger partial charge in [-0.25, -0.2) is 0 Å². The molecule has 1 saturated heterocycles. The molecule has 0 aromatic carbocycles. The lowest BCUT2D eigenvalue weighted by molar-refractivity contribution is -0.141. The maximum atomic E-state index is 12.4. The minimum absolute atomic E-state index is 0.282. The van der Waals surface area contributed by atoms with E-state index in [0.29, 0.717) is 5.82 Å². The Morgan fingerprint density at radius 3 is 2.61 bits per heavy atom. The van der Waals surface area contributed by atoms with Crippen LogP contribution in [0.3, 0.4) is 0 Å². The summed E-state index contributed by atoms with van der Waals surface area (Å²) < 4.78 is 37.1. The van der Waals surface area contributed by atoms with Crippen molar-refractivity contribution in [1.82, 2.24) is 10.2 Å². The Morgan fingerprint density at radius 1 is 1.28 bits per heavy atom. The molecular weight excluding hydrogens is 311 g/mol. The molecule has 0 spiro atoms. The Kier molecular flexibility index (Phi) is 4.09. The molecule has 0 bridgehead atoms. The van der Waals surface area contributed by atoms with Crippen LogP contribution in [0.1, 0.15) is 25.0 Å². The molecule has 1 aromatic rings. The van der Waals surface area contributed by atoms with Gasteiger partial charge in [0, 0.05) is 17.9 Å². The summed E-state index contributed by atoms with van der Waals surface area (Å²) in [6.07, 6.45) is -1.23.